The molecule has 0 spiro atoms. The van der Waals surface area contributed by atoms with Gasteiger partial charge in [0.25, 0.3) is 0 Å². The van der Waals surface area contributed by atoms with Crippen LogP contribution in [-0.2, 0) is 14.8 Å². The molecule has 1 heterocycles. The number of nitrogens with one attached hydrogen (secondary N) is 1. The first-order valence-corrected chi connectivity index (χ1v) is 9.39. The molecule has 1 rings (SSSR count). The van der Waals surface area contributed by atoms with Gasteiger partial charge in [-0.2, -0.15) is 0 Å². The van der Waals surface area contributed by atoms with Crippen molar-refractivity contribution >= 4 is 43.3 Å². The number of aliphatic carboxylic acids is 1. The molecule has 0 aliphatic rings. The standard InChI is InChI=1S/C12H18BrNO4S2/c1-9-8-11(19-12(9)13)20(17,18)14-7-5-3-2-4-6-10(15)16/h8,14H,2-7H2,1H3,(H,15,16). The fourth-order valence-electron chi connectivity index (χ4n) is 1.60. The highest BCUT2D eigenvalue weighted by atomic mass is 79.9. The van der Waals surface area contributed by atoms with E-state index >= 15 is 0 Å². The van der Waals surface area contributed by atoms with Crippen molar-refractivity contribution in [1.29, 1.82) is 0 Å². The number of thiophene rings is 1. The van der Waals surface area contributed by atoms with Crippen LogP contribution in [0.3, 0.4) is 0 Å². The lowest BCUT2D eigenvalue weighted by atomic mass is 10.1. The molecule has 5 nitrogen and oxygen atoms in total. The molecule has 8 heteroatoms. The van der Waals surface area contributed by atoms with E-state index in [4.69, 9.17) is 5.11 Å². The van der Waals surface area contributed by atoms with E-state index in [0.29, 0.717) is 23.6 Å². The maximum Gasteiger partial charge on any atom is 0.303 e. The lowest BCUT2D eigenvalue weighted by Crippen LogP contribution is -2.24. The molecule has 0 saturated carbocycles. The molecule has 0 unspecified atom stereocenters. The largest absolute Gasteiger partial charge is 0.481 e. The Labute approximate surface area is 131 Å². The maximum absolute atomic E-state index is 12.0. The number of sulfonamides is 1. The molecule has 0 aromatic carbocycles. The lowest BCUT2D eigenvalue weighted by Gasteiger charge is -2.04. The van der Waals surface area contributed by atoms with E-state index in [1.807, 2.05) is 6.92 Å². The average Bonchev–Trinajstić information content (AvgIpc) is 2.69. The first-order valence-electron chi connectivity index (χ1n) is 6.30. The van der Waals surface area contributed by atoms with E-state index < -0.39 is 16.0 Å². The smallest absolute Gasteiger partial charge is 0.303 e. The Bertz CT molecular complexity index is 534. The van der Waals surface area contributed by atoms with Crippen LogP contribution in [0.15, 0.2) is 14.1 Å². The molecule has 0 fully saturated rings. The second kappa shape index (κ2) is 8.11. The van der Waals surface area contributed by atoms with Crippen LogP contribution in [0, 0.1) is 6.92 Å². The summed E-state index contributed by atoms with van der Waals surface area (Å²) in [4.78, 5) is 10.3. The molecule has 0 bridgehead atoms. The normalized spacial score (nSPS) is 11.7. The minimum Gasteiger partial charge on any atom is -0.481 e. The zero-order valence-electron chi connectivity index (χ0n) is 11.2. The second-order valence-electron chi connectivity index (χ2n) is 4.48. The number of unbranched alkanes of at least 4 members (excludes halogenated alkanes) is 3. The van der Waals surface area contributed by atoms with Crippen molar-refractivity contribution in [1.82, 2.24) is 4.72 Å². The number of rotatable bonds is 9. The molecular weight excluding hydrogens is 366 g/mol. The van der Waals surface area contributed by atoms with Crippen molar-refractivity contribution in [3.63, 3.8) is 0 Å². The SMILES string of the molecule is Cc1cc(S(=O)(=O)NCCCCCCC(=O)O)sc1Br. The molecule has 0 amide bonds. The third-order valence-corrected chi connectivity index (χ3v) is 6.78. The number of carboxylic acids is 1. The van der Waals surface area contributed by atoms with Gasteiger partial charge >= 0.3 is 5.97 Å². The van der Waals surface area contributed by atoms with Gasteiger partial charge in [0.1, 0.15) is 4.21 Å². The van der Waals surface area contributed by atoms with Crippen LogP contribution in [-0.4, -0.2) is 26.0 Å². The third-order valence-electron chi connectivity index (χ3n) is 2.71. The van der Waals surface area contributed by atoms with Gasteiger partial charge in [0.15, 0.2) is 0 Å². The number of hydrogen-bond acceptors (Lipinski definition) is 4. The Morgan fingerprint density at radius 1 is 1.35 bits per heavy atom. The highest BCUT2D eigenvalue weighted by Gasteiger charge is 2.17. The Morgan fingerprint density at radius 3 is 2.55 bits per heavy atom. The van der Waals surface area contributed by atoms with Crippen molar-refractivity contribution in [2.75, 3.05) is 6.54 Å². The molecule has 0 saturated heterocycles. The lowest BCUT2D eigenvalue weighted by molar-refractivity contribution is -0.137. The van der Waals surface area contributed by atoms with Crippen LogP contribution >= 0.6 is 27.3 Å². The number of carbonyl (C=O) groups is 1. The zero-order chi connectivity index (χ0) is 15.2. The topological polar surface area (TPSA) is 83.5 Å². The fraction of sp³-hybridized carbons (Fsp3) is 0.583. The number of aryl methyl sites for hydroxylation is 1. The van der Waals surface area contributed by atoms with E-state index in [1.165, 1.54) is 11.3 Å². The quantitative estimate of drug-likeness (QED) is 0.641. The van der Waals surface area contributed by atoms with E-state index in [-0.39, 0.29) is 6.42 Å². The fourth-order valence-corrected chi connectivity index (χ4v) is 4.94. The summed E-state index contributed by atoms with van der Waals surface area (Å²) in [6.45, 7) is 2.23. The van der Waals surface area contributed by atoms with Crippen molar-refractivity contribution < 1.29 is 18.3 Å². The molecule has 0 atom stereocenters. The summed E-state index contributed by atoms with van der Waals surface area (Å²) in [6, 6.07) is 1.64. The summed E-state index contributed by atoms with van der Waals surface area (Å²) in [7, 11) is -3.42. The van der Waals surface area contributed by atoms with Gasteiger partial charge in [-0.25, -0.2) is 13.1 Å². The Hall–Kier alpha value is -0.440. The van der Waals surface area contributed by atoms with Crippen LogP contribution in [0.4, 0.5) is 0 Å². The highest BCUT2D eigenvalue weighted by molar-refractivity contribution is 9.11. The number of carboxylic acid groups (broad SMARTS) is 1. The van der Waals surface area contributed by atoms with E-state index in [0.717, 1.165) is 22.2 Å². The molecule has 1 aromatic heterocycles. The summed E-state index contributed by atoms with van der Waals surface area (Å²) in [5.74, 6) is -0.788. The average molecular weight is 384 g/mol. The van der Waals surface area contributed by atoms with E-state index in [2.05, 4.69) is 20.7 Å². The van der Waals surface area contributed by atoms with Crippen molar-refractivity contribution in [2.45, 2.75) is 43.2 Å². The van der Waals surface area contributed by atoms with E-state index in [1.54, 1.807) is 6.07 Å². The van der Waals surface area contributed by atoms with Crippen molar-refractivity contribution in [3.05, 3.63) is 15.4 Å². The monoisotopic (exact) mass is 383 g/mol. The van der Waals surface area contributed by atoms with Gasteiger partial charge in [0, 0.05) is 13.0 Å². The third kappa shape index (κ3) is 5.90. The second-order valence-corrected chi connectivity index (χ2v) is 8.84. The maximum atomic E-state index is 12.0. The summed E-state index contributed by atoms with van der Waals surface area (Å²) in [6.07, 6.45) is 3.15. The van der Waals surface area contributed by atoms with Gasteiger partial charge in [0.05, 0.1) is 3.79 Å². The van der Waals surface area contributed by atoms with Gasteiger partial charge < -0.3 is 5.11 Å². The summed E-state index contributed by atoms with van der Waals surface area (Å²) in [5.41, 5.74) is 0.907. The minimum absolute atomic E-state index is 0.175. The van der Waals surface area contributed by atoms with Crippen molar-refractivity contribution in [2.24, 2.45) is 0 Å². The predicted molar refractivity (Wildman–Crippen MR) is 82.7 cm³/mol. The van der Waals surface area contributed by atoms with Crippen LogP contribution < -0.4 is 4.72 Å². The summed E-state index contributed by atoms with van der Waals surface area (Å²) in [5, 5.41) is 8.48. The Kier molecular flexibility index (Phi) is 7.14. The zero-order valence-corrected chi connectivity index (χ0v) is 14.4. The summed E-state index contributed by atoms with van der Waals surface area (Å²) >= 11 is 4.51. The van der Waals surface area contributed by atoms with Gasteiger partial charge in [-0.1, -0.05) is 12.8 Å². The van der Waals surface area contributed by atoms with Crippen molar-refractivity contribution in [3.8, 4) is 0 Å². The first-order chi connectivity index (χ1) is 9.33. The van der Waals surface area contributed by atoms with Gasteiger partial charge in [0.2, 0.25) is 10.0 Å². The Morgan fingerprint density at radius 2 is 2.00 bits per heavy atom. The number of halogens is 1. The predicted octanol–water partition coefficient (Wildman–Crippen LogP) is 3.13. The van der Waals surface area contributed by atoms with Crippen LogP contribution in [0.1, 0.15) is 37.7 Å². The van der Waals surface area contributed by atoms with Gasteiger partial charge in [-0.3, -0.25) is 4.79 Å². The molecule has 114 valence electrons. The van der Waals surface area contributed by atoms with Crippen LogP contribution in [0.25, 0.3) is 0 Å². The highest BCUT2D eigenvalue weighted by Crippen LogP contribution is 2.30. The summed E-state index contributed by atoms with van der Waals surface area (Å²) < 4.78 is 27.7. The van der Waals surface area contributed by atoms with E-state index in [9.17, 15) is 13.2 Å². The molecule has 0 aliphatic carbocycles. The molecule has 1 aromatic rings. The molecule has 0 aliphatic heterocycles. The number of hydrogen-bond donors (Lipinski definition) is 2. The van der Waals surface area contributed by atoms with Crippen LogP contribution in [0.2, 0.25) is 0 Å². The molecule has 20 heavy (non-hydrogen) atoms. The van der Waals surface area contributed by atoms with Gasteiger partial charge in [-0.15, -0.1) is 11.3 Å². The molecule has 2 N–H and O–H groups in total. The van der Waals surface area contributed by atoms with Gasteiger partial charge in [-0.05, 0) is 47.3 Å². The van der Waals surface area contributed by atoms with Crippen LogP contribution in [0.5, 0.6) is 0 Å². The Balaban J connectivity index is 2.29. The molecule has 0 radical (unpaired) electrons. The molecular formula is C12H18BrNO4S2. The first kappa shape index (κ1) is 17.6. The minimum atomic E-state index is -3.42.